The lowest BCUT2D eigenvalue weighted by molar-refractivity contribution is 1.29. The molecule has 0 radical (unpaired) electrons. The molecule has 4 heterocycles. The third-order valence-electron chi connectivity index (χ3n) is 3.00. The third-order valence-corrected chi connectivity index (χ3v) is 4.03. The van der Waals surface area contributed by atoms with Crippen LogP contribution in [0.1, 0.15) is 10.6 Å². The average molecular weight is 281 g/mol. The quantitative estimate of drug-likeness (QED) is 0.516. The number of aromatic nitrogens is 3. The average Bonchev–Trinajstić information content (AvgIpc) is 2.99. The van der Waals surface area contributed by atoms with Gasteiger partial charge in [-0.05, 0) is 38.1 Å². The minimum absolute atomic E-state index is 1.16. The molecule has 3 nitrogen and oxygen atoms in total. The zero-order valence-corrected chi connectivity index (χ0v) is 12.2. The zero-order valence-electron chi connectivity index (χ0n) is 11.4. The maximum atomic E-state index is 4.03. The molecule has 0 unspecified atom stereocenters. The maximum absolute atomic E-state index is 4.03. The fraction of sp³-hybridized carbons (Fsp3) is 0.125. The Hall–Kier alpha value is -2.20. The summed E-state index contributed by atoms with van der Waals surface area (Å²) in [6.07, 6.45) is 7.38. The molecule has 4 heteroatoms. The van der Waals surface area contributed by atoms with Crippen molar-refractivity contribution in [2.45, 2.75) is 13.8 Å². The smallest absolute Gasteiger partial charge is 0.0487 e. The van der Waals surface area contributed by atoms with Crippen molar-refractivity contribution in [1.29, 1.82) is 0 Å². The first kappa shape index (κ1) is 12.8. The minimum atomic E-state index is 1.16. The summed E-state index contributed by atoms with van der Waals surface area (Å²) in [4.78, 5) is 12.6. The van der Waals surface area contributed by atoms with Crippen LogP contribution in [0.3, 0.4) is 0 Å². The van der Waals surface area contributed by atoms with E-state index in [1.807, 2.05) is 49.0 Å². The molecule has 0 spiro atoms. The summed E-state index contributed by atoms with van der Waals surface area (Å²) < 4.78 is 1.33. The van der Waals surface area contributed by atoms with Crippen LogP contribution in [0.4, 0.5) is 0 Å². The lowest BCUT2D eigenvalue weighted by Crippen LogP contribution is -1.68. The summed E-state index contributed by atoms with van der Waals surface area (Å²) in [7, 11) is 0. The van der Waals surface area contributed by atoms with Gasteiger partial charge >= 0.3 is 0 Å². The van der Waals surface area contributed by atoms with Crippen LogP contribution in [0.25, 0.3) is 21.0 Å². The van der Waals surface area contributed by atoms with Crippen LogP contribution in [0, 0.1) is 13.8 Å². The van der Waals surface area contributed by atoms with Gasteiger partial charge in [-0.1, -0.05) is 0 Å². The van der Waals surface area contributed by atoms with Crippen molar-refractivity contribution in [1.82, 2.24) is 15.0 Å². The van der Waals surface area contributed by atoms with Crippen molar-refractivity contribution in [2.24, 2.45) is 0 Å². The van der Waals surface area contributed by atoms with E-state index < -0.39 is 0 Å². The van der Waals surface area contributed by atoms with Gasteiger partial charge < -0.3 is 4.98 Å². The van der Waals surface area contributed by atoms with Gasteiger partial charge in [-0.3, -0.25) is 9.97 Å². The number of hydrogen-bond acceptors (Lipinski definition) is 3. The van der Waals surface area contributed by atoms with Gasteiger partial charge in [-0.25, -0.2) is 0 Å². The fourth-order valence-corrected chi connectivity index (χ4v) is 3.03. The molecule has 0 amide bonds. The van der Waals surface area contributed by atoms with Crippen molar-refractivity contribution in [2.75, 3.05) is 0 Å². The molecule has 0 aliphatic rings. The van der Waals surface area contributed by atoms with Crippen molar-refractivity contribution < 1.29 is 0 Å². The number of nitrogens with zero attached hydrogens (tertiary/aromatic N) is 2. The van der Waals surface area contributed by atoms with Crippen LogP contribution >= 0.6 is 11.3 Å². The Labute approximate surface area is 121 Å². The van der Waals surface area contributed by atoms with Crippen LogP contribution in [-0.4, -0.2) is 15.0 Å². The van der Waals surface area contributed by atoms with E-state index in [1.54, 1.807) is 6.20 Å². The first-order chi connectivity index (χ1) is 9.72. The molecule has 1 N–H and O–H groups in total. The predicted octanol–water partition coefficient (Wildman–Crippen LogP) is 4.48. The monoisotopic (exact) mass is 281 g/mol. The normalized spacial score (nSPS) is 10.5. The summed E-state index contributed by atoms with van der Waals surface area (Å²) in [5, 5.41) is 2.44. The van der Waals surface area contributed by atoms with Crippen molar-refractivity contribution in [3.05, 3.63) is 59.6 Å². The van der Waals surface area contributed by atoms with Gasteiger partial charge in [0.05, 0.1) is 0 Å². The van der Waals surface area contributed by atoms with Gasteiger partial charge in [0, 0.05) is 56.3 Å². The highest BCUT2D eigenvalue weighted by atomic mass is 32.1. The number of pyridine rings is 2. The van der Waals surface area contributed by atoms with E-state index in [1.165, 1.54) is 26.0 Å². The van der Waals surface area contributed by atoms with Crippen LogP contribution in [0.2, 0.25) is 0 Å². The third kappa shape index (κ3) is 2.70. The van der Waals surface area contributed by atoms with E-state index in [9.17, 15) is 0 Å². The summed E-state index contributed by atoms with van der Waals surface area (Å²) in [5.74, 6) is 0. The number of H-pyrrole nitrogens is 1. The molecule has 20 heavy (non-hydrogen) atoms. The highest BCUT2D eigenvalue weighted by Crippen LogP contribution is 2.22. The molecule has 0 aliphatic carbocycles. The van der Waals surface area contributed by atoms with Gasteiger partial charge in [-0.2, -0.15) is 0 Å². The number of hydrogen-bond donors (Lipinski definition) is 1. The first-order valence-corrected chi connectivity index (χ1v) is 7.23. The van der Waals surface area contributed by atoms with Gasteiger partial charge in [0.2, 0.25) is 0 Å². The van der Waals surface area contributed by atoms with E-state index in [0.717, 1.165) is 5.52 Å². The lowest BCUT2D eigenvalue weighted by atomic mass is 10.3. The van der Waals surface area contributed by atoms with E-state index in [2.05, 4.69) is 34.0 Å². The van der Waals surface area contributed by atoms with Gasteiger partial charge in [-0.15, -0.1) is 11.3 Å². The van der Waals surface area contributed by atoms with Gasteiger partial charge in [0.15, 0.2) is 0 Å². The number of nitrogens with one attached hydrogen (secondary N) is 1. The van der Waals surface area contributed by atoms with Crippen molar-refractivity contribution in [3.63, 3.8) is 0 Å². The molecular weight excluding hydrogens is 266 g/mol. The molecule has 100 valence electrons. The summed E-state index contributed by atoms with van der Waals surface area (Å²) >= 11 is 1.81. The second kappa shape index (κ2) is 5.43. The van der Waals surface area contributed by atoms with Gasteiger partial charge in [0.25, 0.3) is 0 Å². The lowest BCUT2D eigenvalue weighted by Gasteiger charge is -1.83. The Bertz CT molecular complexity index is 707. The molecule has 4 rings (SSSR count). The number of rotatable bonds is 0. The molecule has 0 bridgehead atoms. The first-order valence-electron chi connectivity index (χ1n) is 6.42. The Morgan fingerprint density at radius 3 is 2.45 bits per heavy atom. The molecule has 0 atom stereocenters. The highest BCUT2D eigenvalue weighted by molar-refractivity contribution is 7.18. The fourth-order valence-electron chi connectivity index (χ4n) is 2.13. The van der Waals surface area contributed by atoms with E-state index in [-0.39, 0.29) is 0 Å². The molecule has 4 aromatic heterocycles. The predicted molar refractivity (Wildman–Crippen MR) is 85.2 cm³/mol. The Kier molecular flexibility index (Phi) is 3.48. The number of thiophene rings is 1. The standard InChI is InChI=1S/C8H8N2.C8H7NS/c2*1-6-4-7-5-9-3-2-8(7)10-6/h2-5,10H,1H3;2-5H,1H3. The zero-order chi connectivity index (χ0) is 13.9. The molecule has 0 saturated heterocycles. The molecule has 0 saturated carbocycles. The number of aromatic amines is 1. The Balaban J connectivity index is 0.000000121. The van der Waals surface area contributed by atoms with Crippen molar-refractivity contribution in [3.8, 4) is 0 Å². The van der Waals surface area contributed by atoms with E-state index in [4.69, 9.17) is 0 Å². The Morgan fingerprint density at radius 1 is 0.950 bits per heavy atom. The van der Waals surface area contributed by atoms with Crippen LogP contribution in [0.15, 0.2) is 49.1 Å². The molecular formula is C16H15N3S. The molecule has 0 aromatic carbocycles. The van der Waals surface area contributed by atoms with Crippen LogP contribution < -0.4 is 0 Å². The summed E-state index contributed by atoms with van der Waals surface area (Å²) in [6, 6.07) is 8.27. The van der Waals surface area contributed by atoms with Gasteiger partial charge in [0.1, 0.15) is 0 Å². The largest absolute Gasteiger partial charge is 0.359 e. The number of fused-ring (bicyclic) bond motifs is 2. The SMILES string of the molecule is Cc1cc2cnccc2[nH]1.Cc1cc2cnccc2s1. The second-order valence-corrected chi connectivity index (χ2v) is 5.97. The van der Waals surface area contributed by atoms with Crippen molar-refractivity contribution >= 4 is 32.3 Å². The molecule has 0 fully saturated rings. The van der Waals surface area contributed by atoms with E-state index >= 15 is 0 Å². The maximum Gasteiger partial charge on any atom is 0.0487 e. The molecule has 4 aromatic rings. The topological polar surface area (TPSA) is 41.6 Å². The summed E-state index contributed by atoms with van der Waals surface area (Å²) in [5.41, 5.74) is 2.34. The van der Waals surface area contributed by atoms with E-state index in [0.29, 0.717) is 0 Å². The minimum Gasteiger partial charge on any atom is -0.359 e. The molecule has 0 aliphatic heterocycles. The van der Waals surface area contributed by atoms with Crippen LogP contribution in [-0.2, 0) is 0 Å². The van der Waals surface area contributed by atoms with Crippen LogP contribution in [0.5, 0.6) is 0 Å². The second-order valence-electron chi connectivity index (χ2n) is 4.69. The summed E-state index contributed by atoms with van der Waals surface area (Å²) in [6.45, 7) is 4.16. The highest BCUT2D eigenvalue weighted by Gasteiger charge is 1.94. The number of aryl methyl sites for hydroxylation is 2. The Morgan fingerprint density at radius 2 is 1.70 bits per heavy atom.